The fraction of sp³-hybridized carbons (Fsp3) is 0.424. The van der Waals surface area contributed by atoms with Gasteiger partial charge in [-0.25, -0.2) is 4.98 Å². The predicted molar refractivity (Wildman–Crippen MR) is 157 cm³/mol. The lowest BCUT2D eigenvalue weighted by Crippen LogP contribution is -2.29. The Kier molecular flexibility index (Phi) is 7.71. The molecule has 6 rings (SSSR count). The lowest BCUT2D eigenvalue weighted by molar-refractivity contribution is -0.143. The van der Waals surface area contributed by atoms with Crippen molar-refractivity contribution < 1.29 is 14.6 Å². The van der Waals surface area contributed by atoms with Gasteiger partial charge in [0.2, 0.25) is 0 Å². The molecule has 2 aliphatic rings. The summed E-state index contributed by atoms with van der Waals surface area (Å²) in [7, 11) is 0. The Morgan fingerprint density at radius 3 is 2.52 bits per heavy atom. The summed E-state index contributed by atoms with van der Waals surface area (Å²) in [5.41, 5.74) is 6.29. The van der Waals surface area contributed by atoms with Crippen LogP contribution in [0.5, 0.6) is 5.75 Å². The summed E-state index contributed by atoms with van der Waals surface area (Å²) in [5, 5.41) is 10.1. The molecule has 2 aromatic carbocycles. The normalized spacial score (nSPS) is 19.6. The molecule has 3 heterocycles. The van der Waals surface area contributed by atoms with Crippen molar-refractivity contribution in [1.82, 2.24) is 14.5 Å². The van der Waals surface area contributed by atoms with Crippen molar-refractivity contribution in [2.24, 2.45) is 5.92 Å². The van der Waals surface area contributed by atoms with E-state index in [2.05, 4.69) is 38.7 Å². The zero-order chi connectivity index (χ0) is 27.5. The number of carbonyl (C=O) groups is 1. The van der Waals surface area contributed by atoms with Gasteiger partial charge in [0.25, 0.3) is 0 Å². The van der Waals surface area contributed by atoms with Gasteiger partial charge in [0.05, 0.1) is 22.6 Å². The zero-order valence-electron chi connectivity index (χ0n) is 23.3. The lowest BCUT2D eigenvalue weighted by atomic mass is 9.78. The molecule has 208 valence electrons. The van der Waals surface area contributed by atoms with Crippen LogP contribution in [0, 0.1) is 12.8 Å². The third kappa shape index (κ3) is 5.69. The van der Waals surface area contributed by atoms with Gasteiger partial charge in [0, 0.05) is 43.5 Å². The molecular formula is C33H38N4O3. The maximum absolute atomic E-state index is 12.2. The summed E-state index contributed by atoms with van der Waals surface area (Å²) in [4.78, 5) is 24.2. The van der Waals surface area contributed by atoms with Gasteiger partial charge in [-0.3, -0.25) is 9.78 Å². The fourth-order valence-electron chi connectivity index (χ4n) is 6.28. The highest BCUT2D eigenvalue weighted by Crippen LogP contribution is 2.39. The first kappa shape index (κ1) is 26.4. The molecule has 0 radical (unpaired) electrons. The summed E-state index contributed by atoms with van der Waals surface area (Å²) < 4.78 is 8.37. The number of nitrogens with zero attached hydrogens (tertiary/aromatic N) is 4. The van der Waals surface area contributed by atoms with E-state index in [0.29, 0.717) is 19.6 Å². The van der Waals surface area contributed by atoms with Gasteiger partial charge >= 0.3 is 5.97 Å². The third-order valence-electron chi connectivity index (χ3n) is 8.52. The first-order valence-corrected chi connectivity index (χ1v) is 14.7. The summed E-state index contributed by atoms with van der Waals surface area (Å²) in [6, 6.07) is 18.9. The number of aliphatic carboxylic acids is 1. The number of fused-ring (bicyclic) bond motifs is 1. The molecule has 1 N–H and O–H groups in total. The van der Waals surface area contributed by atoms with Gasteiger partial charge in [-0.1, -0.05) is 31.0 Å². The molecule has 2 atom stereocenters. The van der Waals surface area contributed by atoms with E-state index in [9.17, 15) is 9.90 Å². The van der Waals surface area contributed by atoms with Crippen LogP contribution in [-0.2, 0) is 17.9 Å². The zero-order valence-corrected chi connectivity index (χ0v) is 23.3. The number of hydrogen-bond acceptors (Lipinski definition) is 5. The molecular weight excluding hydrogens is 500 g/mol. The maximum atomic E-state index is 12.2. The molecule has 0 bridgehead atoms. The van der Waals surface area contributed by atoms with Crippen molar-refractivity contribution in [2.75, 3.05) is 18.0 Å². The minimum atomic E-state index is -0.719. The van der Waals surface area contributed by atoms with Crippen LogP contribution in [0.3, 0.4) is 0 Å². The number of anilines is 1. The minimum absolute atomic E-state index is 0.104. The number of ether oxygens (including phenoxy) is 1. The highest BCUT2D eigenvalue weighted by Gasteiger charge is 2.35. The van der Waals surface area contributed by atoms with E-state index in [1.807, 2.05) is 43.5 Å². The second kappa shape index (κ2) is 11.7. The van der Waals surface area contributed by atoms with Crippen molar-refractivity contribution in [1.29, 1.82) is 0 Å². The van der Waals surface area contributed by atoms with E-state index >= 15 is 0 Å². The Balaban J connectivity index is 1.33. The van der Waals surface area contributed by atoms with Gasteiger partial charge < -0.3 is 19.3 Å². The van der Waals surface area contributed by atoms with Crippen LogP contribution >= 0.6 is 0 Å². The summed E-state index contributed by atoms with van der Waals surface area (Å²) in [5.74, 6) is 0.395. The Labute approximate surface area is 235 Å². The van der Waals surface area contributed by atoms with Gasteiger partial charge in [-0.05, 0) is 80.5 Å². The number of aromatic nitrogens is 3. The van der Waals surface area contributed by atoms with Gasteiger partial charge in [-0.15, -0.1) is 0 Å². The van der Waals surface area contributed by atoms with Crippen LogP contribution in [0.2, 0.25) is 0 Å². The van der Waals surface area contributed by atoms with Crippen LogP contribution in [-0.4, -0.2) is 38.7 Å². The SMILES string of the molecule is Cc1ccc(COc2ccc3nc(C4CCCCC4C(=O)O)n(Cc4ccc(N5CCCCC5)cc4)c3c2)nc1. The molecule has 1 saturated carbocycles. The smallest absolute Gasteiger partial charge is 0.307 e. The molecule has 2 aromatic heterocycles. The largest absolute Gasteiger partial charge is 0.487 e. The molecule has 1 aliphatic carbocycles. The Morgan fingerprint density at radius 2 is 1.77 bits per heavy atom. The number of piperidine rings is 1. The van der Waals surface area contributed by atoms with Crippen molar-refractivity contribution >= 4 is 22.7 Å². The Bertz CT molecular complexity index is 1460. The first-order valence-electron chi connectivity index (χ1n) is 14.7. The number of rotatable bonds is 8. The predicted octanol–water partition coefficient (Wildman–Crippen LogP) is 6.72. The quantitative estimate of drug-likeness (QED) is 0.268. The molecule has 2 fully saturated rings. The topological polar surface area (TPSA) is 80.5 Å². The number of carboxylic acid groups (broad SMARTS) is 1. The molecule has 2 unspecified atom stereocenters. The minimum Gasteiger partial charge on any atom is -0.487 e. The Hall–Kier alpha value is -3.87. The summed E-state index contributed by atoms with van der Waals surface area (Å²) in [6.45, 7) is 5.28. The average Bonchev–Trinajstić information content (AvgIpc) is 3.35. The molecule has 7 nitrogen and oxygen atoms in total. The van der Waals surface area contributed by atoms with Crippen LogP contribution in [0.25, 0.3) is 11.0 Å². The average molecular weight is 539 g/mol. The second-order valence-electron chi connectivity index (χ2n) is 11.4. The number of carboxylic acids is 1. The number of imidazole rings is 1. The lowest BCUT2D eigenvalue weighted by Gasteiger charge is -2.29. The van der Waals surface area contributed by atoms with E-state index in [1.165, 1.54) is 30.5 Å². The van der Waals surface area contributed by atoms with E-state index in [1.54, 1.807) is 0 Å². The third-order valence-corrected chi connectivity index (χ3v) is 8.52. The van der Waals surface area contributed by atoms with E-state index < -0.39 is 11.9 Å². The van der Waals surface area contributed by atoms with Crippen LogP contribution in [0.15, 0.2) is 60.8 Å². The number of pyridine rings is 1. The molecule has 7 heteroatoms. The van der Waals surface area contributed by atoms with Crippen molar-refractivity contribution in [3.8, 4) is 5.75 Å². The molecule has 1 saturated heterocycles. The second-order valence-corrected chi connectivity index (χ2v) is 11.4. The molecule has 1 aliphatic heterocycles. The molecule has 0 spiro atoms. The Morgan fingerprint density at radius 1 is 0.975 bits per heavy atom. The standard InChI is InChI=1S/C33H38N4O3/c1-23-9-12-25(34-20-23)22-40-27-15-16-30-31(19-27)37(32(35-30)28-7-3-4-8-29(28)33(38)39)21-24-10-13-26(14-11-24)36-17-5-2-6-18-36/h9-16,19-20,28-29H,2-8,17-18,21-22H2,1H3,(H,38,39). The van der Waals surface area contributed by atoms with Gasteiger partial charge in [-0.2, -0.15) is 0 Å². The maximum Gasteiger partial charge on any atom is 0.307 e. The highest BCUT2D eigenvalue weighted by atomic mass is 16.5. The van der Waals surface area contributed by atoms with Crippen molar-refractivity contribution in [3.63, 3.8) is 0 Å². The van der Waals surface area contributed by atoms with Crippen LogP contribution in [0.1, 0.15) is 73.5 Å². The van der Waals surface area contributed by atoms with Gasteiger partial charge in [0.1, 0.15) is 18.2 Å². The van der Waals surface area contributed by atoms with Crippen molar-refractivity contribution in [2.45, 2.75) is 70.9 Å². The number of benzene rings is 2. The monoisotopic (exact) mass is 538 g/mol. The van der Waals surface area contributed by atoms with E-state index in [-0.39, 0.29) is 5.92 Å². The number of hydrogen-bond donors (Lipinski definition) is 1. The van der Waals surface area contributed by atoms with E-state index in [0.717, 1.165) is 66.2 Å². The number of aryl methyl sites for hydroxylation is 1. The molecule has 4 aromatic rings. The highest BCUT2D eigenvalue weighted by molar-refractivity contribution is 5.79. The van der Waals surface area contributed by atoms with Crippen LogP contribution in [0.4, 0.5) is 5.69 Å². The summed E-state index contributed by atoms with van der Waals surface area (Å²) >= 11 is 0. The summed E-state index contributed by atoms with van der Waals surface area (Å²) in [6.07, 6.45) is 9.20. The van der Waals surface area contributed by atoms with Crippen LogP contribution < -0.4 is 9.64 Å². The fourth-order valence-corrected chi connectivity index (χ4v) is 6.28. The molecule has 40 heavy (non-hydrogen) atoms. The van der Waals surface area contributed by atoms with Crippen molar-refractivity contribution in [3.05, 3.63) is 83.4 Å². The molecule has 0 amide bonds. The van der Waals surface area contributed by atoms with E-state index in [4.69, 9.17) is 9.72 Å². The van der Waals surface area contributed by atoms with Gasteiger partial charge in [0.15, 0.2) is 0 Å². The first-order chi connectivity index (χ1) is 19.5.